The Labute approximate surface area is 238 Å². The van der Waals surface area contributed by atoms with Crippen LogP contribution in [0.3, 0.4) is 0 Å². The maximum absolute atomic E-state index is 6.16. The van der Waals surface area contributed by atoms with Gasteiger partial charge in [-0.25, -0.2) is 0 Å². The zero-order valence-electron chi connectivity index (χ0n) is 20.7. The van der Waals surface area contributed by atoms with Crippen molar-refractivity contribution >= 4 is 31.9 Å². The van der Waals surface area contributed by atoms with Gasteiger partial charge in [0.15, 0.2) is 0 Å². The van der Waals surface area contributed by atoms with E-state index in [4.69, 9.17) is 18.9 Å². The Bertz CT molecular complexity index is 1500. The van der Waals surface area contributed by atoms with Gasteiger partial charge in [-0.2, -0.15) is 0 Å². The van der Waals surface area contributed by atoms with Crippen LogP contribution in [-0.2, 0) is 71.8 Å². The lowest BCUT2D eigenvalue weighted by atomic mass is 9.76. The summed E-state index contributed by atoms with van der Waals surface area (Å²) >= 11 is 7.27. The second-order valence-electron chi connectivity index (χ2n) is 10.3. The molecular formula is C32H24Br2O4. The van der Waals surface area contributed by atoms with Crippen molar-refractivity contribution in [1.29, 1.82) is 0 Å². The van der Waals surface area contributed by atoms with E-state index in [1.807, 2.05) is 0 Å². The summed E-state index contributed by atoms with van der Waals surface area (Å²) in [7, 11) is 0. The molecule has 6 heteroatoms. The average molecular weight is 632 g/mol. The fourth-order valence-electron chi connectivity index (χ4n) is 6.71. The van der Waals surface area contributed by atoms with Crippen molar-refractivity contribution in [3.8, 4) is 33.4 Å². The summed E-state index contributed by atoms with van der Waals surface area (Å²) in [5.41, 5.74) is 17.9. The molecule has 0 aromatic heterocycles. The van der Waals surface area contributed by atoms with Gasteiger partial charge >= 0.3 is 0 Å². The molecular weight excluding hydrogens is 608 g/mol. The molecule has 4 aliphatic heterocycles. The summed E-state index contributed by atoms with van der Waals surface area (Å²) in [6, 6.07) is 17.4. The quantitative estimate of drug-likeness (QED) is 0.228. The molecule has 0 fully saturated rings. The Balaban J connectivity index is 1.55. The fraction of sp³-hybridized carbons (Fsp3) is 0.250. The van der Waals surface area contributed by atoms with Crippen LogP contribution in [0.25, 0.3) is 33.4 Å². The van der Waals surface area contributed by atoms with E-state index >= 15 is 0 Å². The molecule has 0 saturated carbocycles. The van der Waals surface area contributed by atoms with Gasteiger partial charge in [0.2, 0.25) is 0 Å². The molecule has 0 aliphatic carbocycles. The fourth-order valence-corrected chi connectivity index (χ4v) is 7.24. The predicted octanol–water partition coefficient (Wildman–Crippen LogP) is 8.33. The summed E-state index contributed by atoms with van der Waals surface area (Å²) in [5, 5.41) is 0. The number of benzene rings is 4. The molecule has 4 heterocycles. The Morgan fingerprint density at radius 1 is 0.342 bits per heavy atom. The highest BCUT2D eigenvalue weighted by Crippen LogP contribution is 2.53. The maximum Gasteiger partial charge on any atom is 0.0731 e. The number of hydrogen-bond donors (Lipinski definition) is 0. The third-order valence-corrected chi connectivity index (χ3v) is 9.44. The van der Waals surface area contributed by atoms with E-state index in [0.29, 0.717) is 52.9 Å². The minimum Gasteiger partial charge on any atom is -0.372 e. The Kier molecular flexibility index (Phi) is 5.65. The van der Waals surface area contributed by atoms with Gasteiger partial charge in [0, 0.05) is 8.95 Å². The number of ether oxygens (including phenoxy) is 4. The minimum absolute atomic E-state index is 0.602. The second-order valence-corrected chi connectivity index (χ2v) is 12.1. The van der Waals surface area contributed by atoms with E-state index < -0.39 is 0 Å². The van der Waals surface area contributed by atoms with Crippen molar-refractivity contribution in [2.75, 3.05) is 0 Å². The SMILES string of the molecule is Brc1ccc(-c2c3c(c4c(c2-c2c5c(c6c(c2-c2ccc(Br)cc2)COC6)COC5)COC4)COC3)cc1. The smallest absolute Gasteiger partial charge is 0.0731 e. The van der Waals surface area contributed by atoms with Crippen LogP contribution in [-0.4, -0.2) is 0 Å². The van der Waals surface area contributed by atoms with Gasteiger partial charge in [-0.1, -0.05) is 56.1 Å². The van der Waals surface area contributed by atoms with Crippen molar-refractivity contribution < 1.29 is 18.9 Å². The third kappa shape index (κ3) is 3.48. The Hall–Kier alpha value is -2.32. The molecule has 0 radical (unpaired) electrons. The van der Waals surface area contributed by atoms with Gasteiger partial charge in [0.1, 0.15) is 0 Å². The van der Waals surface area contributed by atoms with E-state index in [0.717, 1.165) is 8.95 Å². The van der Waals surface area contributed by atoms with Gasteiger partial charge in [-0.3, -0.25) is 0 Å². The van der Waals surface area contributed by atoms with E-state index in [1.165, 1.54) is 77.9 Å². The minimum atomic E-state index is 0.602. The molecule has 4 aromatic rings. The summed E-state index contributed by atoms with van der Waals surface area (Å²) in [6.07, 6.45) is 0. The van der Waals surface area contributed by atoms with Crippen LogP contribution in [0.1, 0.15) is 44.5 Å². The molecule has 4 nitrogen and oxygen atoms in total. The monoisotopic (exact) mass is 630 g/mol. The van der Waals surface area contributed by atoms with Crippen molar-refractivity contribution in [2.45, 2.75) is 52.9 Å². The number of halogens is 2. The molecule has 4 aromatic carbocycles. The normalized spacial score (nSPS) is 17.0. The van der Waals surface area contributed by atoms with Gasteiger partial charge in [0.05, 0.1) is 52.9 Å². The molecule has 8 rings (SSSR count). The van der Waals surface area contributed by atoms with Gasteiger partial charge in [-0.15, -0.1) is 0 Å². The van der Waals surface area contributed by atoms with Crippen LogP contribution in [0.5, 0.6) is 0 Å². The molecule has 0 bridgehead atoms. The topological polar surface area (TPSA) is 36.9 Å². The molecule has 0 N–H and O–H groups in total. The molecule has 4 aliphatic rings. The Morgan fingerprint density at radius 3 is 0.921 bits per heavy atom. The summed E-state index contributed by atoms with van der Waals surface area (Å²) in [5.74, 6) is 0. The Morgan fingerprint density at radius 2 is 0.605 bits per heavy atom. The maximum atomic E-state index is 6.16. The van der Waals surface area contributed by atoms with Crippen LogP contribution in [0.2, 0.25) is 0 Å². The molecule has 0 saturated heterocycles. The number of fused-ring (bicyclic) bond motifs is 6. The highest BCUT2D eigenvalue weighted by atomic mass is 79.9. The lowest BCUT2D eigenvalue weighted by Gasteiger charge is -2.25. The zero-order chi connectivity index (χ0) is 25.4. The van der Waals surface area contributed by atoms with Crippen LogP contribution >= 0.6 is 31.9 Å². The average Bonchev–Trinajstić information content (AvgIpc) is 3.73. The van der Waals surface area contributed by atoms with Gasteiger partial charge in [-0.05, 0) is 102 Å². The largest absolute Gasteiger partial charge is 0.372 e. The second kappa shape index (κ2) is 9.12. The first kappa shape index (κ1) is 23.6. The summed E-state index contributed by atoms with van der Waals surface area (Å²) < 4.78 is 26.7. The van der Waals surface area contributed by atoms with Crippen molar-refractivity contribution in [3.05, 3.63) is 102 Å². The van der Waals surface area contributed by atoms with Crippen molar-refractivity contribution in [1.82, 2.24) is 0 Å². The van der Waals surface area contributed by atoms with Crippen LogP contribution in [0.4, 0.5) is 0 Å². The molecule has 38 heavy (non-hydrogen) atoms. The molecule has 0 spiro atoms. The highest BCUT2D eigenvalue weighted by Gasteiger charge is 2.36. The first-order chi connectivity index (χ1) is 18.7. The van der Waals surface area contributed by atoms with E-state index in [-0.39, 0.29) is 0 Å². The van der Waals surface area contributed by atoms with Crippen molar-refractivity contribution in [2.24, 2.45) is 0 Å². The molecule has 0 unspecified atom stereocenters. The van der Waals surface area contributed by atoms with E-state index in [9.17, 15) is 0 Å². The molecule has 0 amide bonds. The number of rotatable bonds is 3. The van der Waals surface area contributed by atoms with Crippen LogP contribution in [0, 0.1) is 0 Å². The van der Waals surface area contributed by atoms with Gasteiger partial charge in [0.25, 0.3) is 0 Å². The summed E-state index contributed by atoms with van der Waals surface area (Å²) in [4.78, 5) is 0. The zero-order valence-corrected chi connectivity index (χ0v) is 23.8. The van der Waals surface area contributed by atoms with Gasteiger partial charge < -0.3 is 18.9 Å². The summed E-state index contributed by atoms with van der Waals surface area (Å²) in [6.45, 7) is 4.98. The first-order valence-corrected chi connectivity index (χ1v) is 14.5. The lowest BCUT2D eigenvalue weighted by Crippen LogP contribution is -2.07. The number of hydrogen-bond acceptors (Lipinski definition) is 4. The standard InChI is InChI=1S/C32H24Br2O4/c33-19-5-1-17(2-6-19)29-25-13-35-9-21(25)23-11-37-15-27(23)31(29)32-28-16-38-12-24(28)22-10-36-14-26(22)30(32)18-3-7-20(34)8-4-18/h1-8H,9-16H2. The van der Waals surface area contributed by atoms with Crippen LogP contribution in [0.15, 0.2) is 57.5 Å². The lowest BCUT2D eigenvalue weighted by molar-refractivity contribution is 0.126. The van der Waals surface area contributed by atoms with Crippen LogP contribution < -0.4 is 0 Å². The van der Waals surface area contributed by atoms with Crippen molar-refractivity contribution in [3.63, 3.8) is 0 Å². The molecule has 0 atom stereocenters. The highest BCUT2D eigenvalue weighted by molar-refractivity contribution is 9.10. The van der Waals surface area contributed by atoms with E-state index in [2.05, 4.69) is 80.4 Å². The molecule has 190 valence electrons. The third-order valence-electron chi connectivity index (χ3n) is 8.38. The van der Waals surface area contributed by atoms with E-state index in [1.54, 1.807) is 0 Å². The predicted molar refractivity (Wildman–Crippen MR) is 152 cm³/mol. The first-order valence-electron chi connectivity index (χ1n) is 12.9.